The smallest absolute Gasteiger partial charge is 0.251 e. The van der Waals surface area contributed by atoms with E-state index < -0.39 is 26.7 Å². The molecule has 20 heavy (non-hydrogen) atoms. The maximum absolute atomic E-state index is 11.8. The van der Waals surface area contributed by atoms with E-state index in [1.807, 2.05) is 0 Å². The number of carbonyl (C=O) groups is 1. The van der Waals surface area contributed by atoms with Gasteiger partial charge in [0.2, 0.25) is 10.0 Å². The fourth-order valence-electron chi connectivity index (χ4n) is 1.31. The maximum atomic E-state index is 11.8. The highest BCUT2D eigenvalue weighted by Gasteiger charge is 2.19. The molecular weight excluding hydrogens is 392 g/mol. The highest BCUT2D eigenvalue weighted by molar-refractivity contribution is 9.10. The summed E-state index contributed by atoms with van der Waals surface area (Å²) in [5.74, 6) is -0.215. The van der Waals surface area contributed by atoms with Gasteiger partial charge in [-0.25, -0.2) is 13.6 Å². The van der Waals surface area contributed by atoms with Crippen molar-refractivity contribution in [1.82, 2.24) is 5.32 Å². The molecule has 0 radical (unpaired) electrons. The molecular formula is C10H12BrClN2O4S2. The van der Waals surface area contributed by atoms with Crippen molar-refractivity contribution >= 4 is 54.3 Å². The van der Waals surface area contributed by atoms with Crippen LogP contribution in [0.2, 0.25) is 5.02 Å². The summed E-state index contributed by atoms with van der Waals surface area (Å²) >= 11 is 8.87. The highest BCUT2D eigenvalue weighted by Crippen LogP contribution is 2.30. The van der Waals surface area contributed by atoms with Crippen LogP contribution in [0.3, 0.4) is 0 Å². The van der Waals surface area contributed by atoms with Gasteiger partial charge in [-0.3, -0.25) is 9.00 Å². The number of rotatable bonds is 5. The molecule has 0 spiro atoms. The van der Waals surface area contributed by atoms with Gasteiger partial charge < -0.3 is 5.32 Å². The van der Waals surface area contributed by atoms with E-state index >= 15 is 0 Å². The Morgan fingerprint density at radius 3 is 2.60 bits per heavy atom. The zero-order valence-corrected chi connectivity index (χ0v) is 14.3. The van der Waals surface area contributed by atoms with Crippen molar-refractivity contribution in [3.63, 3.8) is 0 Å². The average molecular weight is 404 g/mol. The molecule has 10 heteroatoms. The number of hydrogen-bond acceptors (Lipinski definition) is 4. The molecule has 1 aromatic carbocycles. The lowest BCUT2D eigenvalue weighted by molar-refractivity contribution is 0.0956. The van der Waals surface area contributed by atoms with Gasteiger partial charge in [0, 0.05) is 34.9 Å². The van der Waals surface area contributed by atoms with Crippen LogP contribution in [-0.2, 0) is 20.8 Å². The first-order chi connectivity index (χ1) is 9.12. The predicted octanol–water partition coefficient (Wildman–Crippen LogP) is 0.858. The van der Waals surface area contributed by atoms with Gasteiger partial charge in [0.25, 0.3) is 5.91 Å². The first-order valence-corrected chi connectivity index (χ1v) is 9.67. The zero-order valence-electron chi connectivity index (χ0n) is 10.4. The Balaban J connectivity index is 3.05. The molecule has 0 heterocycles. The summed E-state index contributed by atoms with van der Waals surface area (Å²) in [6, 6.07) is 2.45. The van der Waals surface area contributed by atoms with E-state index in [9.17, 15) is 17.4 Å². The molecule has 1 amide bonds. The Kier molecular flexibility index (Phi) is 6.14. The van der Waals surface area contributed by atoms with Gasteiger partial charge in [-0.05, 0) is 28.1 Å². The predicted molar refractivity (Wildman–Crippen MR) is 81.8 cm³/mol. The Morgan fingerprint density at radius 1 is 1.50 bits per heavy atom. The minimum Gasteiger partial charge on any atom is -0.351 e. The molecule has 0 bridgehead atoms. The number of benzene rings is 1. The third-order valence-electron chi connectivity index (χ3n) is 2.24. The van der Waals surface area contributed by atoms with Crippen molar-refractivity contribution in [1.29, 1.82) is 0 Å². The quantitative estimate of drug-likeness (QED) is 0.760. The number of nitrogens with one attached hydrogen (secondary N) is 1. The van der Waals surface area contributed by atoms with Crippen LogP contribution in [0.5, 0.6) is 0 Å². The minimum atomic E-state index is -4.01. The molecule has 0 fully saturated rings. The largest absolute Gasteiger partial charge is 0.351 e. The molecule has 0 saturated carbocycles. The van der Waals surface area contributed by atoms with Gasteiger partial charge in [0.15, 0.2) is 0 Å². The highest BCUT2D eigenvalue weighted by atomic mass is 79.9. The number of nitrogens with two attached hydrogens (primary N) is 1. The third kappa shape index (κ3) is 4.81. The van der Waals surface area contributed by atoms with E-state index in [-0.39, 0.29) is 26.5 Å². The molecule has 0 aliphatic heterocycles. The number of primary sulfonamides is 1. The monoisotopic (exact) mass is 402 g/mol. The number of carbonyl (C=O) groups excluding carboxylic acids is 1. The first kappa shape index (κ1) is 17.6. The van der Waals surface area contributed by atoms with Gasteiger partial charge in [0.1, 0.15) is 0 Å². The second kappa shape index (κ2) is 6.99. The Labute approximate surface area is 132 Å². The third-order valence-corrected chi connectivity index (χ3v) is 5.60. The van der Waals surface area contributed by atoms with Crippen LogP contribution >= 0.6 is 27.5 Å². The molecule has 1 atom stereocenters. The molecule has 0 aliphatic rings. The van der Waals surface area contributed by atoms with Gasteiger partial charge in [-0.2, -0.15) is 0 Å². The SMILES string of the molecule is CS(=O)CCNC(=O)c1cc(Cl)c(Br)c(S(N)(=O)=O)c1. The number of amides is 1. The molecule has 1 aromatic rings. The normalized spacial score (nSPS) is 13.0. The van der Waals surface area contributed by atoms with E-state index in [4.69, 9.17) is 16.7 Å². The topological polar surface area (TPSA) is 106 Å². The molecule has 6 nitrogen and oxygen atoms in total. The molecule has 1 unspecified atom stereocenters. The van der Waals surface area contributed by atoms with Gasteiger partial charge in [-0.1, -0.05) is 11.6 Å². The lowest BCUT2D eigenvalue weighted by Crippen LogP contribution is -2.28. The van der Waals surface area contributed by atoms with Crippen molar-refractivity contribution in [2.75, 3.05) is 18.6 Å². The van der Waals surface area contributed by atoms with Crippen molar-refractivity contribution in [3.8, 4) is 0 Å². The zero-order chi connectivity index (χ0) is 15.5. The van der Waals surface area contributed by atoms with E-state index in [2.05, 4.69) is 21.2 Å². The summed E-state index contributed by atoms with van der Waals surface area (Å²) < 4.78 is 33.8. The number of hydrogen-bond donors (Lipinski definition) is 2. The van der Waals surface area contributed by atoms with Crippen molar-refractivity contribution < 1.29 is 17.4 Å². The second-order valence-corrected chi connectivity index (χ2v) is 8.13. The fourth-order valence-corrected chi connectivity index (χ4v) is 3.53. The van der Waals surface area contributed by atoms with E-state index in [0.29, 0.717) is 5.75 Å². The Hall–Kier alpha value is -0.480. The van der Waals surface area contributed by atoms with Gasteiger partial charge >= 0.3 is 0 Å². The number of sulfonamides is 1. The summed E-state index contributed by atoms with van der Waals surface area (Å²) in [4.78, 5) is 11.6. The summed E-state index contributed by atoms with van der Waals surface area (Å²) in [5.41, 5.74) is 0.0594. The molecule has 1 rings (SSSR count). The fraction of sp³-hybridized carbons (Fsp3) is 0.300. The molecule has 0 aliphatic carbocycles. The lowest BCUT2D eigenvalue weighted by atomic mass is 10.2. The van der Waals surface area contributed by atoms with Crippen LogP contribution in [0.15, 0.2) is 21.5 Å². The average Bonchev–Trinajstić information content (AvgIpc) is 2.30. The van der Waals surface area contributed by atoms with Crippen LogP contribution in [0.25, 0.3) is 0 Å². The minimum absolute atomic E-state index is 0.0562. The van der Waals surface area contributed by atoms with E-state index in [1.54, 1.807) is 0 Å². The summed E-state index contributed by atoms with van der Waals surface area (Å²) in [6.07, 6.45) is 1.52. The van der Waals surface area contributed by atoms with E-state index in [0.717, 1.165) is 6.07 Å². The first-order valence-electron chi connectivity index (χ1n) is 5.23. The van der Waals surface area contributed by atoms with Crippen LogP contribution in [0.1, 0.15) is 10.4 Å². The molecule has 112 valence electrons. The van der Waals surface area contributed by atoms with E-state index in [1.165, 1.54) is 12.3 Å². The van der Waals surface area contributed by atoms with Gasteiger partial charge in [0.05, 0.1) is 14.4 Å². The maximum Gasteiger partial charge on any atom is 0.251 e. The Bertz CT molecular complexity index is 663. The van der Waals surface area contributed by atoms with Gasteiger partial charge in [-0.15, -0.1) is 0 Å². The van der Waals surface area contributed by atoms with Crippen LogP contribution in [0, 0.1) is 0 Å². The molecule has 0 aromatic heterocycles. The van der Waals surface area contributed by atoms with Crippen molar-refractivity contribution in [2.45, 2.75) is 4.90 Å². The summed E-state index contributed by atoms with van der Waals surface area (Å²) in [7, 11) is -5.03. The van der Waals surface area contributed by atoms with Crippen LogP contribution in [0.4, 0.5) is 0 Å². The van der Waals surface area contributed by atoms with Crippen LogP contribution in [-0.4, -0.2) is 37.1 Å². The van der Waals surface area contributed by atoms with Crippen molar-refractivity contribution in [2.24, 2.45) is 5.14 Å². The lowest BCUT2D eigenvalue weighted by Gasteiger charge is -2.09. The Morgan fingerprint density at radius 2 is 2.10 bits per heavy atom. The second-order valence-electron chi connectivity index (χ2n) is 3.85. The number of halogens is 2. The standard InChI is InChI=1S/C10H12BrClN2O4S2/c1-19(16)3-2-14-10(15)6-4-7(12)9(11)8(5-6)20(13,17)18/h4-5H,2-3H2,1H3,(H,14,15)(H2,13,17,18). The summed E-state index contributed by atoms with van der Waals surface area (Å²) in [6.45, 7) is 0.209. The van der Waals surface area contributed by atoms with Crippen molar-refractivity contribution in [3.05, 3.63) is 27.2 Å². The van der Waals surface area contributed by atoms with Crippen LogP contribution < -0.4 is 10.5 Å². The molecule has 3 N–H and O–H groups in total. The summed E-state index contributed by atoms with van der Waals surface area (Å²) in [5, 5.41) is 7.62. The molecule has 0 saturated heterocycles.